The van der Waals surface area contributed by atoms with Crippen LogP contribution in [0.3, 0.4) is 0 Å². The SMILES string of the molecule is O=C(O)CCNC(=O)c1ccc(O[C@H](CC2CCCCC2)c2ccccc2-c2ccc(C(F)(F)F)cc2)cc1. The van der Waals surface area contributed by atoms with E-state index < -0.39 is 17.7 Å². The van der Waals surface area contributed by atoms with Gasteiger partial charge in [0.25, 0.3) is 5.91 Å². The molecule has 0 unspecified atom stereocenters. The molecule has 5 nitrogen and oxygen atoms in total. The summed E-state index contributed by atoms with van der Waals surface area (Å²) >= 11 is 0. The van der Waals surface area contributed by atoms with E-state index in [1.54, 1.807) is 24.3 Å². The van der Waals surface area contributed by atoms with E-state index in [0.717, 1.165) is 42.5 Å². The second-order valence-corrected chi connectivity index (χ2v) is 9.93. The number of carbonyl (C=O) groups is 2. The number of amides is 1. The van der Waals surface area contributed by atoms with Crippen molar-refractivity contribution < 1.29 is 32.6 Å². The molecule has 0 aromatic heterocycles. The maximum atomic E-state index is 13.1. The lowest BCUT2D eigenvalue weighted by Gasteiger charge is -2.29. The third-order valence-corrected chi connectivity index (χ3v) is 7.12. The molecular weight excluding hydrogens is 507 g/mol. The lowest BCUT2D eigenvalue weighted by Crippen LogP contribution is -2.25. The average Bonchev–Trinajstić information content (AvgIpc) is 2.93. The maximum Gasteiger partial charge on any atom is 0.416 e. The zero-order valence-corrected chi connectivity index (χ0v) is 21.5. The van der Waals surface area contributed by atoms with E-state index in [-0.39, 0.29) is 25.0 Å². The molecule has 0 spiro atoms. The molecule has 0 radical (unpaired) electrons. The van der Waals surface area contributed by atoms with Gasteiger partial charge in [-0.2, -0.15) is 13.2 Å². The molecule has 3 aromatic carbocycles. The van der Waals surface area contributed by atoms with Crippen LogP contribution in [0.5, 0.6) is 5.75 Å². The van der Waals surface area contributed by atoms with E-state index in [2.05, 4.69) is 5.32 Å². The number of carboxylic acids is 1. The number of carbonyl (C=O) groups excluding carboxylic acids is 1. The van der Waals surface area contributed by atoms with Gasteiger partial charge in [-0.1, -0.05) is 68.5 Å². The summed E-state index contributed by atoms with van der Waals surface area (Å²) in [6, 6.07) is 19.5. The standard InChI is InChI=1S/C31H32F3NO4/c32-31(33,34)24-14-10-22(11-15-24)26-8-4-5-9-27(26)28(20-21-6-2-1-3-7-21)39-25-16-12-23(13-17-25)30(38)35-19-18-29(36)37/h4-5,8-17,21,28H,1-3,6-7,18-20H2,(H,35,38)(H,36,37)/t28-/m1/s1. The lowest BCUT2D eigenvalue weighted by molar-refractivity contribution is -0.138. The van der Waals surface area contributed by atoms with Gasteiger partial charge >= 0.3 is 12.1 Å². The van der Waals surface area contributed by atoms with Crippen molar-refractivity contribution in [3.8, 4) is 16.9 Å². The van der Waals surface area contributed by atoms with Crippen LogP contribution >= 0.6 is 0 Å². The van der Waals surface area contributed by atoms with E-state index >= 15 is 0 Å². The lowest BCUT2D eigenvalue weighted by atomic mass is 9.83. The van der Waals surface area contributed by atoms with Crippen LogP contribution in [0, 0.1) is 5.92 Å². The summed E-state index contributed by atoms with van der Waals surface area (Å²) in [5.74, 6) is -0.308. The number of ether oxygens (including phenoxy) is 1. The first-order valence-corrected chi connectivity index (χ1v) is 13.2. The number of alkyl halides is 3. The number of nitrogens with one attached hydrogen (secondary N) is 1. The minimum absolute atomic E-state index is 0.0383. The third kappa shape index (κ3) is 7.85. The Bertz CT molecular complexity index is 1250. The van der Waals surface area contributed by atoms with E-state index in [1.807, 2.05) is 24.3 Å². The smallest absolute Gasteiger partial charge is 0.416 e. The first kappa shape index (κ1) is 28.2. The zero-order valence-electron chi connectivity index (χ0n) is 21.5. The molecule has 0 bridgehead atoms. The molecule has 8 heteroatoms. The number of carboxylic acid groups (broad SMARTS) is 1. The first-order valence-electron chi connectivity index (χ1n) is 13.2. The Kier molecular flexibility index (Phi) is 9.28. The van der Waals surface area contributed by atoms with E-state index in [1.165, 1.54) is 31.4 Å². The average molecular weight is 540 g/mol. The van der Waals surface area contributed by atoms with E-state index in [9.17, 15) is 22.8 Å². The zero-order chi connectivity index (χ0) is 27.8. The number of hydrogen-bond donors (Lipinski definition) is 2. The van der Waals surface area contributed by atoms with Gasteiger partial charge in [0.15, 0.2) is 0 Å². The fourth-order valence-corrected chi connectivity index (χ4v) is 5.08. The Hall–Kier alpha value is -3.81. The summed E-state index contributed by atoms with van der Waals surface area (Å²) in [6.45, 7) is 0.0383. The van der Waals surface area contributed by atoms with Gasteiger partial charge in [0.05, 0.1) is 12.0 Å². The highest BCUT2D eigenvalue weighted by Gasteiger charge is 2.30. The van der Waals surface area contributed by atoms with Crippen LogP contribution < -0.4 is 10.1 Å². The van der Waals surface area contributed by atoms with Crippen LogP contribution in [0.4, 0.5) is 13.2 Å². The largest absolute Gasteiger partial charge is 0.486 e. The Balaban J connectivity index is 1.58. The molecule has 1 saturated carbocycles. The quantitative estimate of drug-likeness (QED) is 0.277. The summed E-state index contributed by atoms with van der Waals surface area (Å²) in [5, 5.41) is 11.3. The van der Waals surface area contributed by atoms with Crippen molar-refractivity contribution in [2.24, 2.45) is 5.92 Å². The molecule has 1 aliphatic rings. The van der Waals surface area contributed by atoms with Gasteiger partial charge in [-0.25, -0.2) is 0 Å². The van der Waals surface area contributed by atoms with Crippen LogP contribution in [-0.4, -0.2) is 23.5 Å². The maximum absolute atomic E-state index is 13.1. The predicted octanol–water partition coefficient (Wildman–Crippen LogP) is 7.67. The molecule has 206 valence electrons. The van der Waals surface area contributed by atoms with Crippen molar-refractivity contribution in [2.75, 3.05) is 6.54 Å². The van der Waals surface area contributed by atoms with Gasteiger partial charge in [-0.05, 0) is 59.9 Å². The number of halogens is 3. The number of benzene rings is 3. The normalized spacial score (nSPS) is 14.9. The first-order chi connectivity index (χ1) is 18.7. The van der Waals surface area contributed by atoms with Gasteiger partial charge in [0.2, 0.25) is 0 Å². The summed E-state index contributed by atoms with van der Waals surface area (Å²) in [4.78, 5) is 23.0. The molecule has 4 rings (SSSR count). The van der Waals surface area contributed by atoms with Gasteiger partial charge in [0.1, 0.15) is 11.9 Å². The monoisotopic (exact) mass is 539 g/mol. The van der Waals surface area contributed by atoms with Crippen molar-refractivity contribution in [1.29, 1.82) is 0 Å². The van der Waals surface area contributed by atoms with Crippen LogP contribution in [0.15, 0.2) is 72.8 Å². The van der Waals surface area contributed by atoms with E-state index in [4.69, 9.17) is 9.84 Å². The molecule has 2 N–H and O–H groups in total. The predicted molar refractivity (Wildman–Crippen MR) is 142 cm³/mol. The molecule has 0 aliphatic heterocycles. The molecule has 1 amide bonds. The fraction of sp³-hybridized carbons (Fsp3) is 0.355. The minimum atomic E-state index is -4.40. The third-order valence-electron chi connectivity index (χ3n) is 7.12. The number of rotatable bonds is 10. The van der Waals surface area contributed by atoms with Crippen LogP contribution in [0.2, 0.25) is 0 Å². The van der Waals surface area contributed by atoms with E-state index in [0.29, 0.717) is 22.8 Å². The molecular formula is C31H32F3NO4. The number of aliphatic carboxylic acids is 1. The van der Waals surface area contributed by atoms with Crippen molar-refractivity contribution in [3.05, 3.63) is 89.5 Å². The summed E-state index contributed by atoms with van der Waals surface area (Å²) in [5.41, 5.74) is 2.11. The molecule has 1 atom stereocenters. The molecule has 1 fully saturated rings. The summed E-state index contributed by atoms with van der Waals surface area (Å²) in [7, 11) is 0. The Morgan fingerprint density at radius 2 is 1.59 bits per heavy atom. The molecule has 39 heavy (non-hydrogen) atoms. The van der Waals surface area contributed by atoms with Crippen LogP contribution in [-0.2, 0) is 11.0 Å². The van der Waals surface area contributed by atoms with Crippen molar-refractivity contribution in [3.63, 3.8) is 0 Å². The second kappa shape index (κ2) is 12.8. The second-order valence-electron chi connectivity index (χ2n) is 9.93. The Morgan fingerprint density at radius 1 is 0.923 bits per heavy atom. The van der Waals surface area contributed by atoms with Gasteiger partial charge < -0.3 is 15.2 Å². The molecule has 0 saturated heterocycles. The van der Waals surface area contributed by atoms with Gasteiger partial charge in [0, 0.05) is 17.7 Å². The minimum Gasteiger partial charge on any atom is -0.486 e. The highest BCUT2D eigenvalue weighted by atomic mass is 19.4. The Morgan fingerprint density at radius 3 is 2.23 bits per heavy atom. The highest BCUT2D eigenvalue weighted by Crippen LogP contribution is 2.39. The van der Waals surface area contributed by atoms with Crippen LogP contribution in [0.1, 0.15) is 72.5 Å². The summed E-state index contributed by atoms with van der Waals surface area (Å²) < 4.78 is 45.9. The van der Waals surface area contributed by atoms with Crippen molar-refractivity contribution >= 4 is 11.9 Å². The molecule has 3 aromatic rings. The van der Waals surface area contributed by atoms with Gasteiger partial charge in [-0.3, -0.25) is 9.59 Å². The molecule has 0 heterocycles. The number of hydrogen-bond acceptors (Lipinski definition) is 3. The van der Waals surface area contributed by atoms with Gasteiger partial charge in [-0.15, -0.1) is 0 Å². The molecule has 1 aliphatic carbocycles. The topological polar surface area (TPSA) is 75.6 Å². The van der Waals surface area contributed by atoms with Crippen molar-refractivity contribution in [2.45, 2.75) is 57.2 Å². The highest BCUT2D eigenvalue weighted by molar-refractivity contribution is 5.94. The Labute approximate surface area is 226 Å². The van der Waals surface area contributed by atoms with Crippen molar-refractivity contribution in [1.82, 2.24) is 5.32 Å². The summed E-state index contributed by atoms with van der Waals surface area (Å²) in [6.07, 6.45) is 1.66. The fourth-order valence-electron chi connectivity index (χ4n) is 5.08. The van der Waals surface area contributed by atoms with Crippen LogP contribution in [0.25, 0.3) is 11.1 Å².